The van der Waals surface area contributed by atoms with Gasteiger partial charge in [0.25, 0.3) is 0 Å². The number of hydrogen-bond acceptors (Lipinski definition) is 7. The van der Waals surface area contributed by atoms with Crippen molar-refractivity contribution in [2.75, 3.05) is 25.1 Å². The number of piperidine rings is 1. The predicted octanol–water partition coefficient (Wildman–Crippen LogP) is 2.76. The highest BCUT2D eigenvalue weighted by molar-refractivity contribution is 5.94. The van der Waals surface area contributed by atoms with Crippen LogP contribution in [0.15, 0.2) is 36.7 Å². The van der Waals surface area contributed by atoms with E-state index in [-0.39, 0.29) is 26.3 Å². The number of carbonyl (C=O) groups excluding carboxylic acids is 1. The fourth-order valence-electron chi connectivity index (χ4n) is 3.14. The summed E-state index contributed by atoms with van der Waals surface area (Å²) >= 11 is 0. The molecule has 1 aromatic carbocycles. The zero-order chi connectivity index (χ0) is 19.9. The van der Waals surface area contributed by atoms with E-state index in [1.54, 1.807) is 7.11 Å². The molecule has 1 saturated heterocycles. The second-order valence-electron chi connectivity index (χ2n) is 6.76. The largest absolute Gasteiger partial charge is 0.460 e. The summed E-state index contributed by atoms with van der Waals surface area (Å²) in [6.45, 7) is 1.91. The van der Waals surface area contributed by atoms with Crippen LogP contribution in [0, 0.1) is 5.41 Å². The molecule has 3 rings (SSSR count). The van der Waals surface area contributed by atoms with Gasteiger partial charge in [-0.3, -0.25) is 10.2 Å². The molecule has 0 unspecified atom stereocenters. The zero-order valence-electron chi connectivity index (χ0n) is 15.9. The van der Waals surface area contributed by atoms with Gasteiger partial charge in [-0.05, 0) is 30.0 Å². The smallest absolute Gasteiger partial charge is 0.313 e. The van der Waals surface area contributed by atoms with Crippen LogP contribution >= 0.6 is 0 Å². The van der Waals surface area contributed by atoms with E-state index in [1.165, 1.54) is 0 Å². The molecule has 0 saturated carbocycles. The maximum absolute atomic E-state index is 11.5. The van der Waals surface area contributed by atoms with Crippen LogP contribution in [-0.4, -0.2) is 48.1 Å². The number of rotatable bonds is 7. The molecule has 29 heavy (non-hydrogen) atoms. The fraction of sp³-hybridized carbons (Fsp3) is 0.429. The number of nitrogens with zero attached hydrogens (tertiary/aromatic N) is 3. The molecule has 0 radical (unpaired) electrons. The number of esters is 1. The van der Waals surface area contributed by atoms with Crippen molar-refractivity contribution in [1.82, 2.24) is 9.97 Å². The normalized spacial score (nSPS) is 14.2. The van der Waals surface area contributed by atoms with Gasteiger partial charge in [0.15, 0.2) is 0 Å². The van der Waals surface area contributed by atoms with Crippen molar-refractivity contribution >= 4 is 17.8 Å². The van der Waals surface area contributed by atoms with Crippen molar-refractivity contribution in [3.8, 4) is 11.1 Å². The molecule has 0 bridgehead atoms. The molecule has 1 aromatic heterocycles. The summed E-state index contributed by atoms with van der Waals surface area (Å²) < 4.78 is 10.5. The lowest BCUT2D eigenvalue weighted by molar-refractivity contribution is -0.143. The van der Waals surface area contributed by atoms with E-state index in [0.29, 0.717) is 6.10 Å². The van der Waals surface area contributed by atoms with E-state index in [0.717, 1.165) is 48.6 Å². The zero-order valence-corrected chi connectivity index (χ0v) is 15.9. The summed E-state index contributed by atoms with van der Waals surface area (Å²) in [6.07, 6.45) is 5.70. The Kier molecular flexibility index (Phi) is 8.09. The number of nitrogens with one attached hydrogen (secondary N) is 1. The highest BCUT2D eigenvalue weighted by Gasteiger charge is 2.20. The lowest BCUT2D eigenvalue weighted by atomic mass is 10.1. The first-order valence-corrected chi connectivity index (χ1v) is 9.23. The SMILES string of the molecule is C.COC1CCN(c2ncc(-c3cccc(COC(=O)CC(=N)N)c3)cn2)CC1. The monoisotopic (exact) mass is 399 g/mol. The van der Waals surface area contributed by atoms with Gasteiger partial charge in [0.1, 0.15) is 18.9 Å². The van der Waals surface area contributed by atoms with Gasteiger partial charge in [0.2, 0.25) is 5.95 Å². The standard InChI is InChI=1S/C20H25N5O3.CH4/c1-27-17-5-7-25(8-6-17)20-23-11-16(12-24-20)15-4-2-3-14(9-15)13-28-19(26)10-18(21)22;/h2-4,9,11-12,17H,5-8,10,13H2,1H3,(H3,21,22);1H4. The highest BCUT2D eigenvalue weighted by atomic mass is 16.5. The van der Waals surface area contributed by atoms with Crippen molar-refractivity contribution in [3.63, 3.8) is 0 Å². The number of methoxy groups -OCH3 is 1. The van der Waals surface area contributed by atoms with Crippen LogP contribution in [-0.2, 0) is 20.9 Å². The number of benzene rings is 1. The van der Waals surface area contributed by atoms with Gasteiger partial charge in [-0.2, -0.15) is 0 Å². The number of hydrogen-bond donors (Lipinski definition) is 2. The number of anilines is 1. The molecular weight excluding hydrogens is 370 g/mol. The molecule has 0 spiro atoms. The quantitative estimate of drug-likeness (QED) is 0.418. The van der Waals surface area contributed by atoms with Gasteiger partial charge in [-0.15, -0.1) is 0 Å². The average molecular weight is 399 g/mol. The van der Waals surface area contributed by atoms with Gasteiger partial charge in [-0.25, -0.2) is 9.97 Å². The Morgan fingerprint density at radius 2 is 1.93 bits per heavy atom. The summed E-state index contributed by atoms with van der Waals surface area (Å²) in [5.41, 5.74) is 7.89. The van der Waals surface area contributed by atoms with Crippen molar-refractivity contribution in [2.24, 2.45) is 5.73 Å². The molecule has 1 fully saturated rings. The summed E-state index contributed by atoms with van der Waals surface area (Å²) in [7, 11) is 1.75. The number of nitrogens with two attached hydrogens (primary N) is 1. The molecule has 8 heteroatoms. The van der Waals surface area contributed by atoms with Crippen LogP contribution in [0.4, 0.5) is 5.95 Å². The average Bonchev–Trinajstić information content (AvgIpc) is 2.72. The molecule has 0 atom stereocenters. The molecule has 1 aliphatic heterocycles. The molecule has 2 aromatic rings. The Morgan fingerprint density at radius 3 is 2.55 bits per heavy atom. The van der Waals surface area contributed by atoms with Gasteiger partial charge in [-0.1, -0.05) is 25.6 Å². The molecule has 0 aliphatic carbocycles. The predicted molar refractivity (Wildman–Crippen MR) is 113 cm³/mol. The molecule has 2 heterocycles. The minimum absolute atomic E-state index is 0. The summed E-state index contributed by atoms with van der Waals surface area (Å²) in [6, 6.07) is 7.67. The summed E-state index contributed by atoms with van der Waals surface area (Å²) in [5.74, 6) is 0.0119. The van der Waals surface area contributed by atoms with E-state index in [9.17, 15) is 4.79 Å². The van der Waals surface area contributed by atoms with Crippen LogP contribution < -0.4 is 10.6 Å². The van der Waals surface area contributed by atoms with Crippen molar-refractivity contribution in [1.29, 1.82) is 5.41 Å². The minimum Gasteiger partial charge on any atom is -0.460 e. The molecule has 3 N–H and O–H groups in total. The van der Waals surface area contributed by atoms with Gasteiger partial charge < -0.3 is 20.1 Å². The Labute approximate surface area is 171 Å². The summed E-state index contributed by atoms with van der Waals surface area (Å²) in [5, 5.41) is 7.12. The molecule has 8 nitrogen and oxygen atoms in total. The van der Waals surface area contributed by atoms with Crippen molar-refractivity contribution < 1.29 is 14.3 Å². The van der Waals surface area contributed by atoms with Crippen LogP contribution in [0.2, 0.25) is 0 Å². The lowest BCUT2D eigenvalue weighted by Gasteiger charge is -2.31. The third kappa shape index (κ3) is 6.25. The van der Waals surface area contributed by atoms with Crippen LogP contribution in [0.5, 0.6) is 0 Å². The van der Waals surface area contributed by atoms with Crippen LogP contribution in [0.1, 0.15) is 32.3 Å². The first-order valence-electron chi connectivity index (χ1n) is 9.23. The fourth-order valence-corrected chi connectivity index (χ4v) is 3.14. The van der Waals surface area contributed by atoms with Gasteiger partial charge in [0.05, 0.1) is 6.10 Å². The van der Waals surface area contributed by atoms with E-state index < -0.39 is 5.97 Å². The van der Waals surface area contributed by atoms with Crippen LogP contribution in [0.3, 0.4) is 0 Å². The van der Waals surface area contributed by atoms with Gasteiger partial charge >= 0.3 is 5.97 Å². The Bertz CT molecular complexity index is 817. The maximum atomic E-state index is 11.5. The second kappa shape index (κ2) is 10.5. The minimum atomic E-state index is -0.511. The first kappa shape index (κ1) is 22.3. The molecule has 0 amide bonds. The van der Waals surface area contributed by atoms with E-state index in [2.05, 4.69) is 14.9 Å². The lowest BCUT2D eigenvalue weighted by Crippen LogP contribution is -2.37. The van der Waals surface area contributed by atoms with E-state index >= 15 is 0 Å². The Balaban J connectivity index is 0.00000300. The van der Waals surface area contributed by atoms with Crippen molar-refractivity contribution in [3.05, 3.63) is 42.2 Å². The van der Waals surface area contributed by atoms with Crippen LogP contribution in [0.25, 0.3) is 11.1 Å². The van der Waals surface area contributed by atoms with Gasteiger partial charge in [0, 0.05) is 38.2 Å². The number of amidine groups is 1. The maximum Gasteiger partial charge on any atom is 0.313 e. The third-order valence-electron chi connectivity index (χ3n) is 4.69. The molecule has 156 valence electrons. The van der Waals surface area contributed by atoms with Crippen molar-refractivity contribution in [2.45, 2.75) is 39.4 Å². The number of carbonyl (C=O) groups is 1. The highest BCUT2D eigenvalue weighted by Crippen LogP contribution is 2.22. The number of ether oxygens (including phenoxy) is 2. The Hall–Kier alpha value is -3.00. The van der Waals surface area contributed by atoms with E-state index in [4.69, 9.17) is 20.6 Å². The number of aromatic nitrogens is 2. The Morgan fingerprint density at radius 1 is 1.24 bits per heavy atom. The van der Waals surface area contributed by atoms with E-state index in [1.807, 2.05) is 36.7 Å². The molecule has 1 aliphatic rings. The first-order chi connectivity index (χ1) is 13.5. The third-order valence-corrected chi connectivity index (χ3v) is 4.69. The summed E-state index contributed by atoms with van der Waals surface area (Å²) in [4.78, 5) is 22.7. The molecular formula is C21H29N5O3. The topological polar surface area (TPSA) is 114 Å². The second-order valence-corrected chi connectivity index (χ2v) is 6.76.